The molecule has 0 fully saturated rings. The van der Waals surface area contributed by atoms with Crippen molar-refractivity contribution >= 4 is 51.3 Å². The molecule has 2 heterocycles. The minimum atomic E-state index is -4.64. The summed E-state index contributed by atoms with van der Waals surface area (Å²) in [6.45, 7) is 3.33. The molecule has 0 saturated carbocycles. The number of aromatic nitrogens is 1. The number of amides is 1. The number of hydrogen-bond donors (Lipinski definition) is 1. The Balaban J connectivity index is 2.03. The number of halogens is 5. The lowest BCUT2D eigenvalue weighted by Crippen LogP contribution is -2.39. The molecule has 2 unspecified atom stereocenters. The highest BCUT2D eigenvalue weighted by Crippen LogP contribution is 2.39. The van der Waals surface area contributed by atoms with Gasteiger partial charge < -0.3 is 14.7 Å². The number of allylic oxidation sites excluding steroid dienone is 1. The first-order valence-corrected chi connectivity index (χ1v) is 11.0. The Morgan fingerprint density at radius 2 is 1.97 bits per heavy atom. The van der Waals surface area contributed by atoms with E-state index >= 15 is 0 Å². The van der Waals surface area contributed by atoms with Gasteiger partial charge in [-0.2, -0.15) is 13.2 Å². The van der Waals surface area contributed by atoms with Crippen LogP contribution in [-0.4, -0.2) is 46.6 Å². The van der Waals surface area contributed by atoms with Crippen LogP contribution in [-0.2, 0) is 0 Å². The van der Waals surface area contributed by atoms with Gasteiger partial charge in [0.15, 0.2) is 0 Å². The molecule has 1 aliphatic rings. The molecule has 2 aromatic rings. The van der Waals surface area contributed by atoms with Crippen molar-refractivity contribution in [3.8, 4) is 5.75 Å². The number of anilines is 1. The molecule has 12 heteroatoms. The standard InChI is InChI=1S/C22H18BrClF3N3O4/c1-11(2)30(20(31)16-6-5-12(23)10-29-16)17-9-15(24)18(8-13(17)21(32)33)34-19-14(22(25,26)27)4-3-7-28-19/h3-11,14,19H,1-2H3,(H,32,33). The number of carbonyl (C=O) groups is 2. The van der Waals surface area contributed by atoms with Gasteiger partial charge in [-0.25, -0.2) is 14.8 Å². The van der Waals surface area contributed by atoms with Crippen molar-refractivity contribution in [1.29, 1.82) is 0 Å². The number of rotatable bonds is 6. The second kappa shape index (κ2) is 10.1. The van der Waals surface area contributed by atoms with E-state index < -0.39 is 41.8 Å². The monoisotopic (exact) mass is 559 g/mol. The van der Waals surface area contributed by atoms with Crippen LogP contribution in [0, 0.1) is 5.92 Å². The lowest BCUT2D eigenvalue weighted by Gasteiger charge is -2.29. The number of aliphatic imine (C=N–C) groups is 1. The zero-order chi connectivity index (χ0) is 25.2. The lowest BCUT2D eigenvalue weighted by atomic mass is 10.0. The van der Waals surface area contributed by atoms with Gasteiger partial charge in [-0.3, -0.25) is 4.79 Å². The van der Waals surface area contributed by atoms with Gasteiger partial charge in [-0.15, -0.1) is 0 Å². The minimum absolute atomic E-state index is 0.0565. The number of hydrogen-bond acceptors (Lipinski definition) is 5. The smallest absolute Gasteiger partial charge is 0.400 e. The third-order valence-corrected chi connectivity index (χ3v) is 5.56. The third kappa shape index (κ3) is 5.58. The quantitative estimate of drug-likeness (QED) is 0.484. The van der Waals surface area contributed by atoms with Gasteiger partial charge >= 0.3 is 12.1 Å². The third-order valence-electron chi connectivity index (χ3n) is 4.79. The SMILES string of the molecule is CC(C)N(C(=O)c1ccc(Br)cn1)c1cc(Cl)c(OC2N=CC=CC2C(F)(F)F)cc1C(=O)O. The Hall–Kier alpha value is -2.92. The second-order valence-corrected chi connectivity index (χ2v) is 8.82. The molecule has 0 aliphatic carbocycles. The van der Waals surface area contributed by atoms with Crippen molar-refractivity contribution in [2.75, 3.05) is 4.90 Å². The van der Waals surface area contributed by atoms with Gasteiger partial charge in [0.05, 0.1) is 16.3 Å². The molecule has 3 rings (SSSR count). The van der Waals surface area contributed by atoms with Crippen molar-refractivity contribution in [2.45, 2.75) is 32.3 Å². The number of alkyl halides is 3. The summed E-state index contributed by atoms with van der Waals surface area (Å²) in [6, 6.07) is 4.71. The zero-order valence-electron chi connectivity index (χ0n) is 17.8. The normalized spacial score (nSPS) is 17.6. The fourth-order valence-electron chi connectivity index (χ4n) is 3.25. The molecule has 1 aromatic carbocycles. The molecular weight excluding hydrogens is 543 g/mol. The van der Waals surface area contributed by atoms with E-state index in [0.29, 0.717) is 4.47 Å². The van der Waals surface area contributed by atoms with Crippen LogP contribution in [0.15, 0.2) is 52.1 Å². The molecular formula is C22H18BrClF3N3O4. The van der Waals surface area contributed by atoms with Crippen molar-refractivity contribution < 1.29 is 32.6 Å². The maximum Gasteiger partial charge on any atom is 0.400 e. The molecule has 7 nitrogen and oxygen atoms in total. The zero-order valence-corrected chi connectivity index (χ0v) is 20.1. The van der Waals surface area contributed by atoms with Crippen LogP contribution in [0.3, 0.4) is 0 Å². The van der Waals surface area contributed by atoms with E-state index in [4.69, 9.17) is 16.3 Å². The molecule has 34 heavy (non-hydrogen) atoms. The molecule has 0 spiro atoms. The number of aromatic carboxylic acids is 1. The Labute approximate surface area is 206 Å². The predicted octanol–water partition coefficient (Wildman–Crippen LogP) is 5.77. The molecule has 0 saturated heterocycles. The first-order chi connectivity index (χ1) is 15.9. The van der Waals surface area contributed by atoms with E-state index in [9.17, 15) is 27.9 Å². The molecule has 1 amide bonds. The summed E-state index contributed by atoms with van der Waals surface area (Å²) in [5.41, 5.74) is -0.396. The first kappa shape index (κ1) is 25.7. The lowest BCUT2D eigenvalue weighted by molar-refractivity contribution is -0.180. The number of benzene rings is 1. The van der Waals surface area contributed by atoms with Crippen LogP contribution in [0.25, 0.3) is 0 Å². The molecule has 0 radical (unpaired) electrons. The average molecular weight is 561 g/mol. The second-order valence-electron chi connectivity index (χ2n) is 7.49. The van der Waals surface area contributed by atoms with E-state index in [1.54, 1.807) is 19.9 Å². The number of dihydropyridines is 1. The Morgan fingerprint density at radius 1 is 1.26 bits per heavy atom. The van der Waals surface area contributed by atoms with Gasteiger partial charge in [0, 0.05) is 22.9 Å². The molecule has 1 aromatic heterocycles. The van der Waals surface area contributed by atoms with Crippen LogP contribution in [0.2, 0.25) is 5.02 Å². The number of carbonyl (C=O) groups excluding carboxylic acids is 1. The molecule has 0 bridgehead atoms. The summed E-state index contributed by atoms with van der Waals surface area (Å²) in [4.78, 5) is 34.2. The Morgan fingerprint density at radius 3 is 2.53 bits per heavy atom. The summed E-state index contributed by atoms with van der Waals surface area (Å²) in [7, 11) is 0. The number of nitrogens with zero attached hydrogens (tertiary/aromatic N) is 3. The van der Waals surface area contributed by atoms with E-state index in [1.165, 1.54) is 23.2 Å². The largest absolute Gasteiger partial charge is 0.478 e. The van der Waals surface area contributed by atoms with Crippen LogP contribution in [0.4, 0.5) is 18.9 Å². The predicted molar refractivity (Wildman–Crippen MR) is 124 cm³/mol. The van der Waals surface area contributed by atoms with Gasteiger partial charge in [-0.05, 0) is 60.1 Å². The van der Waals surface area contributed by atoms with Crippen molar-refractivity contribution in [3.63, 3.8) is 0 Å². The fraction of sp³-hybridized carbons (Fsp3) is 0.273. The maximum absolute atomic E-state index is 13.4. The Bertz CT molecular complexity index is 1150. The highest BCUT2D eigenvalue weighted by Gasteiger charge is 2.45. The van der Waals surface area contributed by atoms with Crippen LogP contribution < -0.4 is 9.64 Å². The first-order valence-electron chi connectivity index (χ1n) is 9.85. The van der Waals surface area contributed by atoms with Gasteiger partial charge in [0.2, 0.25) is 6.23 Å². The number of carboxylic acid groups (broad SMARTS) is 1. The number of pyridine rings is 1. The van der Waals surface area contributed by atoms with Gasteiger partial charge in [-0.1, -0.05) is 17.7 Å². The van der Waals surface area contributed by atoms with Crippen LogP contribution >= 0.6 is 27.5 Å². The molecule has 1 aliphatic heterocycles. The van der Waals surface area contributed by atoms with E-state index in [1.807, 2.05) is 0 Å². The molecule has 1 N–H and O–H groups in total. The average Bonchev–Trinajstić information content (AvgIpc) is 2.75. The summed E-state index contributed by atoms with van der Waals surface area (Å²) in [6.07, 6.45) is -1.72. The van der Waals surface area contributed by atoms with Crippen LogP contribution in [0.1, 0.15) is 34.7 Å². The number of ether oxygens (including phenoxy) is 1. The number of carboxylic acids is 1. The van der Waals surface area contributed by atoms with Crippen molar-refractivity contribution in [1.82, 2.24) is 4.98 Å². The summed E-state index contributed by atoms with van der Waals surface area (Å²) in [5.74, 6) is -4.38. The van der Waals surface area contributed by atoms with Crippen molar-refractivity contribution in [2.24, 2.45) is 10.9 Å². The maximum atomic E-state index is 13.4. The van der Waals surface area contributed by atoms with E-state index in [0.717, 1.165) is 24.4 Å². The fourth-order valence-corrected chi connectivity index (χ4v) is 3.68. The highest BCUT2D eigenvalue weighted by molar-refractivity contribution is 9.10. The van der Waals surface area contributed by atoms with Gasteiger partial charge in [0.25, 0.3) is 5.91 Å². The molecule has 2 atom stereocenters. The van der Waals surface area contributed by atoms with Gasteiger partial charge in [0.1, 0.15) is 17.4 Å². The van der Waals surface area contributed by atoms with E-state index in [-0.39, 0.29) is 22.2 Å². The minimum Gasteiger partial charge on any atom is -0.478 e. The summed E-state index contributed by atoms with van der Waals surface area (Å²) >= 11 is 9.51. The summed E-state index contributed by atoms with van der Waals surface area (Å²) in [5, 5.41) is 9.62. The van der Waals surface area contributed by atoms with Crippen molar-refractivity contribution in [3.05, 3.63) is 63.4 Å². The highest BCUT2D eigenvalue weighted by atomic mass is 79.9. The van der Waals surface area contributed by atoms with E-state index in [2.05, 4.69) is 25.9 Å². The van der Waals surface area contributed by atoms with Crippen LogP contribution in [0.5, 0.6) is 5.75 Å². The summed E-state index contributed by atoms with van der Waals surface area (Å²) < 4.78 is 46.1. The molecule has 180 valence electrons. The topological polar surface area (TPSA) is 92.1 Å². The Kier molecular flexibility index (Phi) is 7.67.